The highest BCUT2D eigenvalue weighted by Crippen LogP contribution is 2.22. The molecule has 10 heteroatoms. The van der Waals surface area contributed by atoms with Crippen LogP contribution < -0.4 is 4.90 Å². The van der Waals surface area contributed by atoms with Crippen LogP contribution >= 0.6 is 11.6 Å². The lowest BCUT2D eigenvalue weighted by atomic mass is 10.3. The van der Waals surface area contributed by atoms with Crippen molar-refractivity contribution >= 4 is 27.4 Å². The number of anilines is 1. The number of rotatable bonds is 4. The largest absolute Gasteiger partial charge is 0.354 e. The van der Waals surface area contributed by atoms with E-state index in [-0.39, 0.29) is 4.90 Å². The van der Waals surface area contributed by atoms with Gasteiger partial charge in [0.2, 0.25) is 10.0 Å². The van der Waals surface area contributed by atoms with Crippen LogP contribution in [0.3, 0.4) is 0 Å². The summed E-state index contributed by atoms with van der Waals surface area (Å²) in [4.78, 5) is 15.4. The summed E-state index contributed by atoms with van der Waals surface area (Å²) in [5.41, 5.74) is 1.97. The van der Waals surface area contributed by atoms with E-state index in [1.165, 1.54) is 22.8 Å². The van der Waals surface area contributed by atoms with Crippen LogP contribution in [0.2, 0.25) is 5.02 Å². The Kier molecular flexibility index (Phi) is 5.28. The second kappa shape index (κ2) is 7.74. The Morgan fingerprint density at radius 2 is 1.59 bits per heavy atom. The van der Waals surface area contributed by atoms with E-state index in [0.29, 0.717) is 31.2 Å². The van der Waals surface area contributed by atoms with Crippen molar-refractivity contribution in [1.29, 1.82) is 0 Å². The zero-order chi connectivity index (χ0) is 20.6. The van der Waals surface area contributed by atoms with Crippen molar-refractivity contribution in [3.63, 3.8) is 0 Å². The molecule has 0 radical (unpaired) electrons. The fourth-order valence-electron chi connectivity index (χ4n) is 3.28. The normalized spacial score (nSPS) is 15.6. The van der Waals surface area contributed by atoms with E-state index in [2.05, 4.69) is 19.9 Å². The highest BCUT2D eigenvalue weighted by Gasteiger charge is 2.29. The minimum atomic E-state index is -3.54. The average Bonchev–Trinajstić information content (AvgIpc) is 3.07. The van der Waals surface area contributed by atoms with Crippen molar-refractivity contribution in [2.45, 2.75) is 18.7 Å². The summed E-state index contributed by atoms with van der Waals surface area (Å²) in [6.45, 7) is 5.80. The fraction of sp³-hybridized carbons (Fsp3) is 0.316. The predicted octanol–water partition coefficient (Wildman–Crippen LogP) is 2.44. The molecule has 0 saturated carbocycles. The molecule has 152 valence electrons. The lowest BCUT2D eigenvalue weighted by Gasteiger charge is -2.34. The SMILES string of the molecule is Cc1ncn(-c2cc(N3CCN(S(=O)(=O)c4ccc(Cl)cc4)CC3)ncn2)c1C. The topological polar surface area (TPSA) is 84.2 Å². The van der Waals surface area contributed by atoms with Gasteiger partial charge in [-0.1, -0.05) is 11.6 Å². The molecule has 3 heterocycles. The third-order valence-electron chi connectivity index (χ3n) is 5.15. The summed E-state index contributed by atoms with van der Waals surface area (Å²) >= 11 is 5.87. The zero-order valence-corrected chi connectivity index (χ0v) is 17.7. The monoisotopic (exact) mass is 432 g/mol. The molecule has 1 saturated heterocycles. The van der Waals surface area contributed by atoms with Crippen LogP contribution in [0.25, 0.3) is 5.82 Å². The van der Waals surface area contributed by atoms with Crippen molar-refractivity contribution in [1.82, 2.24) is 23.8 Å². The third kappa shape index (κ3) is 3.85. The number of hydrogen-bond acceptors (Lipinski definition) is 6. The molecular weight excluding hydrogens is 412 g/mol. The Balaban J connectivity index is 1.49. The second-order valence-corrected chi connectivity index (χ2v) is 9.24. The van der Waals surface area contributed by atoms with Crippen LogP contribution in [-0.2, 0) is 10.0 Å². The van der Waals surface area contributed by atoms with Crippen molar-refractivity contribution in [3.05, 3.63) is 59.4 Å². The molecule has 29 heavy (non-hydrogen) atoms. The first-order chi connectivity index (χ1) is 13.9. The number of halogens is 1. The van der Waals surface area contributed by atoms with Gasteiger partial charge in [-0.25, -0.2) is 23.4 Å². The van der Waals surface area contributed by atoms with Crippen molar-refractivity contribution in [2.75, 3.05) is 31.1 Å². The van der Waals surface area contributed by atoms with Crippen LogP contribution in [0.15, 0.2) is 47.9 Å². The van der Waals surface area contributed by atoms with Gasteiger partial charge in [-0.05, 0) is 38.1 Å². The van der Waals surface area contributed by atoms with E-state index in [1.54, 1.807) is 18.5 Å². The number of aryl methyl sites for hydroxylation is 1. The Morgan fingerprint density at radius 1 is 0.931 bits per heavy atom. The molecule has 4 rings (SSSR count). The van der Waals surface area contributed by atoms with E-state index in [1.807, 2.05) is 24.5 Å². The average molecular weight is 433 g/mol. The summed E-state index contributed by atoms with van der Waals surface area (Å²) in [5.74, 6) is 1.51. The summed E-state index contributed by atoms with van der Waals surface area (Å²) in [7, 11) is -3.54. The molecule has 1 aromatic carbocycles. The molecule has 2 aromatic heterocycles. The standard InChI is InChI=1S/C19H21ClN6O2S/c1-14-15(2)26(13-23-14)19-11-18(21-12-22-19)24-7-9-25(10-8-24)29(27,28)17-5-3-16(20)4-6-17/h3-6,11-13H,7-10H2,1-2H3. The van der Waals surface area contributed by atoms with Gasteiger partial charge in [-0.3, -0.25) is 4.57 Å². The Hall–Kier alpha value is -2.49. The quantitative estimate of drug-likeness (QED) is 0.629. The molecule has 0 unspecified atom stereocenters. The first-order valence-corrected chi connectivity index (χ1v) is 11.0. The van der Waals surface area contributed by atoms with Gasteiger partial charge in [0.1, 0.15) is 24.3 Å². The first-order valence-electron chi connectivity index (χ1n) is 9.20. The molecule has 0 N–H and O–H groups in total. The number of nitrogens with zero attached hydrogens (tertiary/aromatic N) is 6. The molecule has 0 spiro atoms. The molecular formula is C19H21ClN6O2S. The van der Waals surface area contributed by atoms with Gasteiger partial charge in [0.15, 0.2) is 0 Å². The van der Waals surface area contributed by atoms with Crippen LogP contribution in [0.5, 0.6) is 0 Å². The lowest BCUT2D eigenvalue weighted by Crippen LogP contribution is -2.48. The van der Waals surface area contributed by atoms with Gasteiger partial charge >= 0.3 is 0 Å². The van der Waals surface area contributed by atoms with E-state index in [4.69, 9.17) is 11.6 Å². The Bertz CT molecular complexity index is 1120. The minimum Gasteiger partial charge on any atom is -0.354 e. The third-order valence-corrected chi connectivity index (χ3v) is 7.32. The molecule has 0 atom stereocenters. The fourth-order valence-corrected chi connectivity index (χ4v) is 4.83. The molecule has 0 aliphatic carbocycles. The van der Waals surface area contributed by atoms with Crippen LogP contribution in [0.4, 0.5) is 5.82 Å². The summed E-state index contributed by atoms with van der Waals surface area (Å²) in [5, 5.41) is 0.511. The summed E-state index contributed by atoms with van der Waals surface area (Å²) in [6, 6.07) is 8.16. The van der Waals surface area contributed by atoms with E-state index >= 15 is 0 Å². The van der Waals surface area contributed by atoms with Crippen LogP contribution in [0, 0.1) is 13.8 Å². The Morgan fingerprint density at radius 3 is 2.21 bits per heavy atom. The first kappa shape index (κ1) is 19.8. The Labute approximate surface area is 174 Å². The number of sulfonamides is 1. The van der Waals surface area contributed by atoms with Gasteiger partial charge < -0.3 is 4.90 Å². The highest BCUT2D eigenvalue weighted by molar-refractivity contribution is 7.89. The molecule has 8 nitrogen and oxygen atoms in total. The van der Waals surface area contributed by atoms with Gasteiger partial charge in [-0.15, -0.1) is 0 Å². The number of piperazine rings is 1. The molecule has 1 aliphatic rings. The van der Waals surface area contributed by atoms with E-state index in [0.717, 1.165) is 23.0 Å². The number of imidazole rings is 1. The minimum absolute atomic E-state index is 0.255. The maximum atomic E-state index is 12.8. The smallest absolute Gasteiger partial charge is 0.243 e. The zero-order valence-electron chi connectivity index (χ0n) is 16.2. The molecule has 0 bridgehead atoms. The second-order valence-electron chi connectivity index (χ2n) is 6.86. The number of hydrogen-bond donors (Lipinski definition) is 0. The van der Waals surface area contributed by atoms with Gasteiger partial charge in [0, 0.05) is 43.0 Å². The lowest BCUT2D eigenvalue weighted by molar-refractivity contribution is 0.383. The maximum Gasteiger partial charge on any atom is 0.243 e. The van der Waals surface area contributed by atoms with Crippen molar-refractivity contribution in [2.24, 2.45) is 0 Å². The number of benzene rings is 1. The summed E-state index contributed by atoms with van der Waals surface area (Å²) < 4.78 is 29.1. The van der Waals surface area contributed by atoms with Gasteiger partial charge in [-0.2, -0.15) is 4.31 Å². The van der Waals surface area contributed by atoms with Crippen LogP contribution in [0.1, 0.15) is 11.4 Å². The van der Waals surface area contributed by atoms with E-state index in [9.17, 15) is 8.42 Å². The molecule has 1 aliphatic heterocycles. The van der Waals surface area contributed by atoms with Crippen molar-refractivity contribution in [3.8, 4) is 5.82 Å². The van der Waals surface area contributed by atoms with Crippen molar-refractivity contribution < 1.29 is 8.42 Å². The molecule has 0 amide bonds. The maximum absolute atomic E-state index is 12.8. The number of aromatic nitrogens is 4. The molecule has 1 fully saturated rings. The molecule has 3 aromatic rings. The summed E-state index contributed by atoms with van der Waals surface area (Å²) in [6.07, 6.45) is 3.27. The van der Waals surface area contributed by atoms with E-state index < -0.39 is 10.0 Å². The van der Waals surface area contributed by atoms with Crippen LogP contribution in [-0.4, -0.2) is 58.4 Å². The van der Waals surface area contributed by atoms with Gasteiger partial charge in [0.05, 0.1) is 10.6 Å². The van der Waals surface area contributed by atoms with Gasteiger partial charge in [0.25, 0.3) is 0 Å². The highest BCUT2D eigenvalue weighted by atomic mass is 35.5. The predicted molar refractivity (Wildman–Crippen MR) is 111 cm³/mol.